The van der Waals surface area contributed by atoms with Gasteiger partial charge in [-0.3, -0.25) is 10.1 Å². The Balaban J connectivity index is 2.48. The molecule has 0 fully saturated rings. The lowest BCUT2D eigenvalue weighted by Gasteiger charge is -2.11. The number of nitrogens with one attached hydrogen (secondary N) is 1. The summed E-state index contributed by atoms with van der Waals surface area (Å²) in [6.45, 7) is 0. The number of nitrogens with zero attached hydrogens (tertiary/aromatic N) is 1. The van der Waals surface area contributed by atoms with Crippen LogP contribution in [0.5, 0.6) is 11.5 Å². The van der Waals surface area contributed by atoms with Gasteiger partial charge in [0.15, 0.2) is 9.84 Å². The molecule has 24 heavy (non-hydrogen) atoms. The molecular weight excluding hydrogens is 336 g/mol. The molecule has 0 amide bonds. The molecule has 0 heterocycles. The van der Waals surface area contributed by atoms with E-state index >= 15 is 0 Å². The van der Waals surface area contributed by atoms with E-state index in [9.17, 15) is 18.5 Å². The van der Waals surface area contributed by atoms with Crippen LogP contribution in [0.3, 0.4) is 0 Å². The largest absolute Gasteiger partial charge is 0.497 e. The number of anilines is 2. The van der Waals surface area contributed by atoms with Gasteiger partial charge in [0, 0.05) is 36.2 Å². The summed E-state index contributed by atoms with van der Waals surface area (Å²) < 4.78 is 33.4. The van der Waals surface area contributed by atoms with Crippen molar-refractivity contribution in [2.24, 2.45) is 0 Å². The van der Waals surface area contributed by atoms with Crippen molar-refractivity contribution in [2.75, 3.05) is 25.8 Å². The summed E-state index contributed by atoms with van der Waals surface area (Å²) >= 11 is 0. The highest BCUT2D eigenvalue weighted by atomic mass is 32.2. The van der Waals surface area contributed by atoms with Gasteiger partial charge in [0.2, 0.25) is 0 Å². The van der Waals surface area contributed by atoms with Gasteiger partial charge in [0.05, 0.1) is 24.0 Å². The van der Waals surface area contributed by atoms with E-state index in [1.54, 1.807) is 18.2 Å². The number of hydrogen-bond donors (Lipinski definition) is 1. The Bertz CT molecular complexity index is 857. The number of rotatable bonds is 6. The normalized spacial score (nSPS) is 11.0. The van der Waals surface area contributed by atoms with Gasteiger partial charge in [-0.2, -0.15) is 0 Å². The number of benzene rings is 2. The second-order valence-electron chi connectivity index (χ2n) is 4.93. The monoisotopic (exact) mass is 352 g/mol. The van der Waals surface area contributed by atoms with Crippen LogP contribution in [-0.2, 0) is 9.84 Å². The lowest BCUT2D eigenvalue weighted by Crippen LogP contribution is -2.02. The van der Waals surface area contributed by atoms with Crippen LogP contribution < -0.4 is 14.8 Å². The molecule has 0 spiro atoms. The molecule has 0 saturated carbocycles. The van der Waals surface area contributed by atoms with Gasteiger partial charge in [0.1, 0.15) is 17.2 Å². The molecule has 1 N–H and O–H groups in total. The molecule has 0 bridgehead atoms. The summed E-state index contributed by atoms with van der Waals surface area (Å²) in [5, 5.41) is 14.1. The van der Waals surface area contributed by atoms with Crippen molar-refractivity contribution in [3.63, 3.8) is 0 Å². The van der Waals surface area contributed by atoms with E-state index in [-0.39, 0.29) is 16.3 Å². The van der Waals surface area contributed by atoms with Crippen LogP contribution in [0.25, 0.3) is 0 Å². The number of sulfone groups is 1. The van der Waals surface area contributed by atoms with Crippen molar-refractivity contribution in [1.29, 1.82) is 0 Å². The number of nitro benzene ring substituents is 1. The highest BCUT2D eigenvalue weighted by molar-refractivity contribution is 7.90. The van der Waals surface area contributed by atoms with Crippen LogP contribution in [0.2, 0.25) is 0 Å². The summed E-state index contributed by atoms with van der Waals surface area (Å²) in [7, 11) is -0.566. The third kappa shape index (κ3) is 3.93. The van der Waals surface area contributed by atoms with Gasteiger partial charge in [-0.25, -0.2) is 8.42 Å². The summed E-state index contributed by atoms with van der Waals surface area (Å²) in [5.74, 6) is 1.01. The van der Waals surface area contributed by atoms with E-state index in [4.69, 9.17) is 9.47 Å². The van der Waals surface area contributed by atoms with E-state index in [0.717, 1.165) is 12.3 Å². The predicted molar refractivity (Wildman–Crippen MR) is 89.0 cm³/mol. The first kappa shape index (κ1) is 17.5. The van der Waals surface area contributed by atoms with Crippen LogP contribution in [0.4, 0.5) is 17.1 Å². The molecule has 0 aliphatic rings. The second kappa shape index (κ2) is 6.75. The van der Waals surface area contributed by atoms with Gasteiger partial charge in [-0.1, -0.05) is 0 Å². The summed E-state index contributed by atoms with van der Waals surface area (Å²) in [6.07, 6.45) is 0.992. The van der Waals surface area contributed by atoms with E-state index in [1.165, 1.54) is 26.4 Å². The molecule has 0 atom stereocenters. The van der Waals surface area contributed by atoms with E-state index in [2.05, 4.69) is 5.32 Å². The Morgan fingerprint density at radius 2 is 1.62 bits per heavy atom. The van der Waals surface area contributed by atoms with Gasteiger partial charge in [0.25, 0.3) is 5.69 Å². The van der Waals surface area contributed by atoms with E-state index < -0.39 is 14.8 Å². The third-order valence-corrected chi connectivity index (χ3v) is 4.33. The zero-order valence-electron chi connectivity index (χ0n) is 13.3. The molecule has 2 rings (SSSR count). The maximum Gasteiger partial charge on any atom is 0.293 e. The van der Waals surface area contributed by atoms with Crippen molar-refractivity contribution in [3.05, 3.63) is 46.5 Å². The van der Waals surface area contributed by atoms with Crippen LogP contribution >= 0.6 is 0 Å². The molecule has 0 aliphatic carbocycles. The predicted octanol–water partition coefficient (Wildman–Crippen LogP) is 2.76. The average molecular weight is 352 g/mol. The summed E-state index contributed by atoms with van der Waals surface area (Å²) in [4.78, 5) is 10.5. The average Bonchev–Trinajstić information content (AvgIpc) is 2.53. The zero-order valence-corrected chi connectivity index (χ0v) is 14.1. The first-order valence-corrected chi connectivity index (χ1v) is 8.62. The molecule has 0 aromatic heterocycles. The van der Waals surface area contributed by atoms with Gasteiger partial charge in [-0.05, 0) is 12.1 Å². The Morgan fingerprint density at radius 1 is 1.04 bits per heavy atom. The maximum atomic E-state index is 11.6. The van der Waals surface area contributed by atoms with E-state index in [1.807, 2.05) is 0 Å². The molecule has 2 aromatic carbocycles. The van der Waals surface area contributed by atoms with Crippen molar-refractivity contribution in [2.45, 2.75) is 4.90 Å². The highest BCUT2D eigenvalue weighted by Crippen LogP contribution is 2.33. The minimum Gasteiger partial charge on any atom is -0.497 e. The van der Waals surface area contributed by atoms with Gasteiger partial charge >= 0.3 is 0 Å². The van der Waals surface area contributed by atoms with Crippen molar-refractivity contribution in [1.82, 2.24) is 0 Å². The minimum absolute atomic E-state index is 0.122. The van der Waals surface area contributed by atoms with Gasteiger partial charge < -0.3 is 14.8 Å². The molecule has 8 nitrogen and oxygen atoms in total. The molecule has 128 valence electrons. The van der Waals surface area contributed by atoms with Crippen LogP contribution in [0, 0.1) is 10.1 Å². The maximum absolute atomic E-state index is 11.6. The number of nitro groups is 1. The Kier molecular flexibility index (Phi) is 4.93. The quantitative estimate of drug-likeness (QED) is 0.629. The van der Waals surface area contributed by atoms with Crippen molar-refractivity contribution in [3.8, 4) is 11.5 Å². The zero-order chi connectivity index (χ0) is 17.9. The lowest BCUT2D eigenvalue weighted by molar-refractivity contribution is -0.384. The first-order chi connectivity index (χ1) is 11.2. The molecule has 0 saturated heterocycles. The van der Waals surface area contributed by atoms with Crippen LogP contribution in [0.1, 0.15) is 0 Å². The molecule has 0 radical (unpaired) electrons. The summed E-state index contributed by atoms with van der Waals surface area (Å²) in [6, 6.07) is 8.61. The standard InChI is InChI=1S/C15H16N2O6S/c1-22-11-6-10(7-12(8-11)23-2)16-14-5-4-13(24(3,20)21)9-15(14)17(18)19/h4-9,16H,1-3H3. The molecule has 0 unspecified atom stereocenters. The fourth-order valence-electron chi connectivity index (χ4n) is 2.03. The van der Waals surface area contributed by atoms with Crippen LogP contribution in [0.15, 0.2) is 41.3 Å². The van der Waals surface area contributed by atoms with Crippen LogP contribution in [-0.4, -0.2) is 33.8 Å². The van der Waals surface area contributed by atoms with Crippen molar-refractivity contribution >= 4 is 26.9 Å². The molecule has 0 aliphatic heterocycles. The Hall–Kier alpha value is -2.81. The smallest absolute Gasteiger partial charge is 0.293 e. The highest BCUT2D eigenvalue weighted by Gasteiger charge is 2.19. The number of hydrogen-bond acceptors (Lipinski definition) is 7. The topological polar surface area (TPSA) is 108 Å². The second-order valence-corrected chi connectivity index (χ2v) is 6.95. The molecule has 9 heteroatoms. The number of ether oxygens (including phenoxy) is 2. The minimum atomic E-state index is -3.54. The lowest BCUT2D eigenvalue weighted by atomic mass is 10.2. The number of methoxy groups -OCH3 is 2. The Labute approximate surface area is 139 Å². The van der Waals surface area contributed by atoms with E-state index in [0.29, 0.717) is 17.2 Å². The fourth-order valence-corrected chi connectivity index (χ4v) is 2.67. The molecule has 2 aromatic rings. The summed E-state index contributed by atoms with van der Waals surface area (Å²) in [5.41, 5.74) is 0.309. The van der Waals surface area contributed by atoms with Crippen molar-refractivity contribution < 1.29 is 22.8 Å². The fraction of sp³-hybridized carbons (Fsp3) is 0.200. The molecular formula is C15H16N2O6S. The van der Waals surface area contributed by atoms with Gasteiger partial charge in [-0.15, -0.1) is 0 Å². The SMILES string of the molecule is COc1cc(Nc2ccc(S(C)(=O)=O)cc2[N+](=O)[O-])cc(OC)c1. The first-order valence-electron chi connectivity index (χ1n) is 6.73. The Morgan fingerprint density at radius 3 is 2.08 bits per heavy atom. The third-order valence-electron chi connectivity index (χ3n) is 3.22.